The molecule has 1 aromatic rings. The summed E-state index contributed by atoms with van der Waals surface area (Å²) in [7, 11) is 2.81. The van der Waals surface area contributed by atoms with Crippen molar-refractivity contribution in [1.82, 2.24) is 0 Å². The average Bonchev–Trinajstić information content (AvgIpc) is 2.52. The number of aryl methyl sites for hydroxylation is 1. The van der Waals surface area contributed by atoms with Crippen molar-refractivity contribution < 1.29 is 23.8 Å². The van der Waals surface area contributed by atoms with Crippen molar-refractivity contribution in [2.45, 2.75) is 19.4 Å². The predicted octanol–water partition coefficient (Wildman–Crippen LogP) is 1.27. The van der Waals surface area contributed by atoms with Gasteiger partial charge in [0.05, 0.1) is 19.6 Å². The third-order valence-electron chi connectivity index (χ3n) is 3.07. The maximum atomic E-state index is 11.9. The van der Waals surface area contributed by atoms with E-state index in [1.54, 1.807) is 18.2 Å². The molecule has 1 aromatic carbocycles. The van der Waals surface area contributed by atoms with Gasteiger partial charge in [-0.05, 0) is 30.7 Å². The first-order valence-corrected chi connectivity index (χ1v) is 6.83. The van der Waals surface area contributed by atoms with Gasteiger partial charge in [-0.2, -0.15) is 0 Å². The Morgan fingerprint density at radius 3 is 2.52 bits per heavy atom. The maximum absolute atomic E-state index is 11.9. The lowest BCUT2D eigenvalue weighted by Crippen LogP contribution is -2.28. The molecule has 1 amide bonds. The van der Waals surface area contributed by atoms with E-state index in [2.05, 4.69) is 10.1 Å². The Morgan fingerprint density at radius 2 is 2.00 bits per heavy atom. The molecule has 0 aromatic heterocycles. The van der Waals surface area contributed by atoms with Crippen molar-refractivity contribution in [2.24, 2.45) is 5.73 Å². The van der Waals surface area contributed by atoms with Gasteiger partial charge in [0.15, 0.2) is 6.61 Å². The molecule has 0 aliphatic heterocycles. The number of nitrogens with two attached hydrogens (primary N) is 1. The van der Waals surface area contributed by atoms with Gasteiger partial charge >= 0.3 is 5.97 Å². The molecule has 0 aliphatic rings. The van der Waals surface area contributed by atoms with Gasteiger partial charge in [-0.3, -0.25) is 4.79 Å². The number of esters is 1. The summed E-state index contributed by atoms with van der Waals surface area (Å²) < 4.78 is 14.8. The molecule has 0 bridgehead atoms. The van der Waals surface area contributed by atoms with Crippen LogP contribution in [-0.2, 0) is 19.1 Å². The Bertz CT molecular complexity index is 521. The third-order valence-corrected chi connectivity index (χ3v) is 3.07. The van der Waals surface area contributed by atoms with Gasteiger partial charge in [-0.25, -0.2) is 4.79 Å². The standard InChI is InChI=1S/C15H22N2O5.ClH/c1-10-6-11(22-9-15(19)21-3)4-5-13(10)17-14(18)7-12(8-16)20-2;/h4-6,12H,7-9,16H2,1-3H3,(H,17,18);1H. The quantitative estimate of drug-likeness (QED) is 0.688. The van der Waals surface area contributed by atoms with Crippen LogP contribution in [0.15, 0.2) is 18.2 Å². The molecule has 7 nitrogen and oxygen atoms in total. The lowest BCUT2D eigenvalue weighted by atomic mass is 10.1. The molecule has 0 aliphatic carbocycles. The first-order chi connectivity index (χ1) is 10.5. The number of nitrogens with one attached hydrogen (secondary N) is 1. The van der Waals surface area contributed by atoms with Crippen LogP contribution < -0.4 is 15.8 Å². The minimum atomic E-state index is -0.456. The number of carbonyl (C=O) groups excluding carboxylic acids is 2. The van der Waals surface area contributed by atoms with Crippen molar-refractivity contribution in [1.29, 1.82) is 0 Å². The van der Waals surface area contributed by atoms with E-state index in [9.17, 15) is 9.59 Å². The first kappa shape index (κ1) is 21.2. The Hall–Kier alpha value is -1.83. The number of amides is 1. The summed E-state index contributed by atoms with van der Waals surface area (Å²) in [6.07, 6.45) is -0.115. The molecule has 130 valence electrons. The van der Waals surface area contributed by atoms with E-state index in [4.69, 9.17) is 15.2 Å². The number of benzene rings is 1. The SMILES string of the molecule is COC(=O)COc1ccc(NC(=O)CC(CN)OC)c(C)c1.Cl. The molecule has 0 saturated carbocycles. The van der Waals surface area contributed by atoms with E-state index < -0.39 is 5.97 Å². The lowest BCUT2D eigenvalue weighted by molar-refractivity contribution is -0.142. The highest BCUT2D eigenvalue weighted by Crippen LogP contribution is 2.21. The van der Waals surface area contributed by atoms with Crippen LogP contribution in [0.2, 0.25) is 0 Å². The summed E-state index contributed by atoms with van der Waals surface area (Å²) in [6, 6.07) is 5.11. The molecule has 0 radical (unpaired) electrons. The number of carbonyl (C=O) groups is 2. The zero-order valence-corrected chi connectivity index (χ0v) is 14.3. The highest BCUT2D eigenvalue weighted by Gasteiger charge is 2.13. The lowest BCUT2D eigenvalue weighted by Gasteiger charge is -2.14. The van der Waals surface area contributed by atoms with Crippen LogP contribution >= 0.6 is 12.4 Å². The molecule has 1 atom stereocenters. The fourth-order valence-corrected chi connectivity index (χ4v) is 1.74. The van der Waals surface area contributed by atoms with Gasteiger partial charge in [-0.1, -0.05) is 0 Å². The molecular weight excluding hydrogens is 324 g/mol. The Morgan fingerprint density at radius 1 is 1.30 bits per heavy atom. The minimum Gasteiger partial charge on any atom is -0.482 e. The number of methoxy groups -OCH3 is 2. The second kappa shape index (κ2) is 10.8. The van der Waals surface area contributed by atoms with E-state index >= 15 is 0 Å². The van der Waals surface area contributed by atoms with Crippen molar-refractivity contribution in [2.75, 3.05) is 32.7 Å². The van der Waals surface area contributed by atoms with Gasteiger partial charge in [-0.15, -0.1) is 12.4 Å². The van der Waals surface area contributed by atoms with E-state index in [0.29, 0.717) is 11.4 Å². The number of rotatable bonds is 8. The molecule has 1 unspecified atom stereocenters. The van der Waals surface area contributed by atoms with E-state index in [0.717, 1.165) is 5.56 Å². The first-order valence-electron chi connectivity index (χ1n) is 6.83. The molecule has 3 N–H and O–H groups in total. The van der Waals surface area contributed by atoms with E-state index in [1.807, 2.05) is 6.92 Å². The second-order valence-corrected chi connectivity index (χ2v) is 4.69. The van der Waals surface area contributed by atoms with E-state index in [-0.39, 0.29) is 44.0 Å². The number of halogens is 1. The van der Waals surface area contributed by atoms with Crippen molar-refractivity contribution >= 4 is 30.0 Å². The van der Waals surface area contributed by atoms with E-state index in [1.165, 1.54) is 14.2 Å². The number of ether oxygens (including phenoxy) is 3. The minimum absolute atomic E-state index is 0. The molecule has 8 heteroatoms. The Kier molecular flexibility index (Phi) is 9.96. The molecule has 0 saturated heterocycles. The predicted molar refractivity (Wildman–Crippen MR) is 89.0 cm³/mol. The summed E-state index contributed by atoms with van der Waals surface area (Å²) in [6.45, 7) is 1.95. The average molecular weight is 347 g/mol. The van der Waals surface area contributed by atoms with Crippen molar-refractivity contribution in [3.05, 3.63) is 23.8 Å². The summed E-state index contributed by atoms with van der Waals surface area (Å²) in [5.41, 5.74) is 6.97. The number of hydrogen-bond acceptors (Lipinski definition) is 6. The topological polar surface area (TPSA) is 99.9 Å². The van der Waals surface area contributed by atoms with Gasteiger partial charge in [0, 0.05) is 19.3 Å². The summed E-state index contributed by atoms with van der Waals surface area (Å²) in [5, 5.41) is 2.79. The maximum Gasteiger partial charge on any atom is 0.343 e. The highest BCUT2D eigenvalue weighted by atomic mass is 35.5. The molecule has 23 heavy (non-hydrogen) atoms. The van der Waals surface area contributed by atoms with Crippen LogP contribution in [0.25, 0.3) is 0 Å². The molecular formula is C15H23ClN2O5. The summed E-state index contributed by atoms with van der Waals surface area (Å²) in [5.74, 6) is -0.108. The molecule has 0 heterocycles. The van der Waals surface area contributed by atoms with Gasteiger partial charge in [0.1, 0.15) is 5.75 Å². The molecule has 1 rings (SSSR count). The van der Waals surface area contributed by atoms with Crippen LogP contribution in [0.1, 0.15) is 12.0 Å². The van der Waals surface area contributed by atoms with Gasteiger partial charge in [0.25, 0.3) is 0 Å². The largest absolute Gasteiger partial charge is 0.482 e. The van der Waals surface area contributed by atoms with Crippen LogP contribution in [-0.4, -0.2) is 45.4 Å². The van der Waals surface area contributed by atoms with Crippen molar-refractivity contribution in [3.63, 3.8) is 0 Å². The second-order valence-electron chi connectivity index (χ2n) is 4.69. The smallest absolute Gasteiger partial charge is 0.343 e. The summed E-state index contributed by atoms with van der Waals surface area (Å²) in [4.78, 5) is 22.9. The van der Waals surface area contributed by atoms with Crippen LogP contribution in [0, 0.1) is 6.92 Å². The van der Waals surface area contributed by atoms with Crippen LogP contribution in [0.4, 0.5) is 5.69 Å². The highest BCUT2D eigenvalue weighted by molar-refractivity contribution is 5.91. The number of anilines is 1. The zero-order chi connectivity index (χ0) is 16.5. The molecule has 0 fully saturated rings. The monoisotopic (exact) mass is 346 g/mol. The van der Waals surface area contributed by atoms with Gasteiger partial charge in [0.2, 0.25) is 5.91 Å². The normalized spacial score (nSPS) is 11.1. The zero-order valence-electron chi connectivity index (χ0n) is 13.5. The Labute approximate surface area is 141 Å². The van der Waals surface area contributed by atoms with Crippen LogP contribution in [0.3, 0.4) is 0 Å². The Balaban J connectivity index is 0.00000484. The molecule has 0 spiro atoms. The van der Waals surface area contributed by atoms with Crippen LogP contribution in [0.5, 0.6) is 5.75 Å². The number of hydrogen-bond donors (Lipinski definition) is 2. The van der Waals surface area contributed by atoms with Gasteiger partial charge < -0.3 is 25.3 Å². The summed E-state index contributed by atoms with van der Waals surface area (Å²) >= 11 is 0. The third kappa shape index (κ3) is 7.32. The fourth-order valence-electron chi connectivity index (χ4n) is 1.74. The fraction of sp³-hybridized carbons (Fsp3) is 0.467. The van der Waals surface area contributed by atoms with Crippen molar-refractivity contribution in [3.8, 4) is 5.75 Å².